The van der Waals surface area contributed by atoms with Gasteiger partial charge in [0.2, 0.25) is 0 Å². The Morgan fingerprint density at radius 2 is 1.84 bits per heavy atom. The quantitative estimate of drug-likeness (QED) is 0.834. The molecule has 3 rings (SSSR count). The molecular formula is C18H23N. The van der Waals surface area contributed by atoms with Crippen molar-refractivity contribution in [3.63, 3.8) is 0 Å². The number of nitrogens with one attached hydrogen (secondary N) is 1. The summed E-state index contributed by atoms with van der Waals surface area (Å²) in [6, 6.07) is 15.8. The highest BCUT2D eigenvalue weighted by molar-refractivity contribution is 5.83. The van der Waals surface area contributed by atoms with Crippen molar-refractivity contribution >= 4 is 10.8 Å². The molecule has 0 amide bonds. The Bertz CT molecular complexity index is 569. The first kappa shape index (κ1) is 12.7. The zero-order chi connectivity index (χ0) is 13.3. The number of rotatable bonds is 4. The van der Waals surface area contributed by atoms with Crippen LogP contribution in [0, 0.1) is 5.41 Å². The first-order valence-electron chi connectivity index (χ1n) is 7.38. The fraction of sp³-hybridized carbons (Fsp3) is 0.444. The molecule has 0 spiro atoms. The van der Waals surface area contributed by atoms with E-state index in [1.54, 1.807) is 0 Å². The number of hydrogen-bond acceptors (Lipinski definition) is 1. The summed E-state index contributed by atoms with van der Waals surface area (Å²) in [4.78, 5) is 0. The number of hydrogen-bond donors (Lipinski definition) is 1. The molecule has 1 N–H and O–H groups in total. The van der Waals surface area contributed by atoms with Crippen LogP contribution < -0.4 is 5.32 Å². The van der Waals surface area contributed by atoms with Gasteiger partial charge in [0.25, 0.3) is 0 Å². The Morgan fingerprint density at radius 1 is 1.11 bits per heavy atom. The Labute approximate surface area is 116 Å². The predicted octanol–water partition coefficient (Wildman–Crippen LogP) is 4.68. The maximum Gasteiger partial charge on any atom is 0.0292 e. The number of fused-ring (bicyclic) bond motifs is 1. The van der Waals surface area contributed by atoms with Crippen molar-refractivity contribution in [2.45, 2.75) is 39.2 Å². The van der Waals surface area contributed by atoms with Crippen LogP contribution in [0.25, 0.3) is 10.8 Å². The monoisotopic (exact) mass is 253 g/mol. The summed E-state index contributed by atoms with van der Waals surface area (Å²) in [6.45, 7) is 5.81. The zero-order valence-corrected chi connectivity index (χ0v) is 11.9. The molecule has 2 aromatic carbocycles. The van der Waals surface area contributed by atoms with Crippen molar-refractivity contribution in [3.8, 4) is 0 Å². The minimum Gasteiger partial charge on any atom is -0.310 e. The van der Waals surface area contributed by atoms with Gasteiger partial charge in [0.15, 0.2) is 0 Å². The van der Waals surface area contributed by atoms with Gasteiger partial charge >= 0.3 is 0 Å². The van der Waals surface area contributed by atoms with Crippen molar-refractivity contribution in [2.75, 3.05) is 6.54 Å². The number of benzene rings is 2. The van der Waals surface area contributed by atoms with Crippen molar-refractivity contribution in [1.29, 1.82) is 0 Å². The average molecular weight is 253 g/mol. The lowest BCUT2D eigenvalue weighted by Crippen LogP contribution is -2.38. The van der Waals surface area contributed by atoms with Crippen LogP contribution in [-0.4, -0.2) is 6.54 Å². The molecule has 2 aromatic rings. The predicted molar refractivity (Wildman–Crippen MR) is 82.3 cm³/mol. The molecule has 1 nitrogen and oxygen atoms in total. The summed E-state index contributed by atoms with van der Waals surface area (Å²) in [5.41, 5.74) is 1.94. The lowest BCUT2D eigenvalue weighted by molar-refractivity contribution is 0.152. The van der Waals surface area contributed by atoms with Crippen LogP contribution in [0.5, 0.6) is 0 Å². The molecule has 1 atom stereocenters. The van der Waals surface area contributed by atoms with Crippen LogP contribution in [0.3, 0.4) is 0 Å². The third kappa shape index (κ3) is 2.66. The topological polar surface area (TPSA) is 12.0 Å². The van der Waals surface area contributed by atoms with E-state index < -0.39 is 0 Å². The maximum atomic E-state index is 3.71. The molecule has 0 aromatic heterocycles. The van der Waals surface area contributed by atoms with Gasteiger partial charge in [-0.15, -0.1) is 0 Å². The third-order valence-electron chi connectivity index (χ3n) is 4.67. The van der Waals surface area contributed by atoms with E-state index in [4.69, 9.17) is 0 Å². The van der Waals surface area contributed by atoms with Crippen LogP contribution in [0.4, 0.5) is 0 Å². The van der Waals surface area contributed by atoms with Gasteiger partial charge in [-0.1, -0.05) is 49.7 Å². The average Bonchev–Trinajstić information content (AvgIpc) is 2.42. The molecule has 0 saturated heterocycles. The van der Waals surface area contributed by atoms with E-state index in [0.29, 0.717) is 11.5 Å². The highest BCUT2D eigenvalue weighted by Crippen LogP contribution is 2.39. The summed E-state index contributed by atoms with van der Waals surface area (Å²) in [5.74, 6) is 0. The smallest absolute Gasteiger partial charge is 0.0292 e. The summed E-state index contributed by atoms with van der Waals surface area (Å²) in [6.07, 6.45) is 4.16. The SMILES string of the molecule is CC(NCC1(C)CCC1)c1ccc2ccccc2c1. The Balaban J connectivity index is 1.72. The molecule has 1 saturated carbocycles. The Morgan fingerprint density at radius 3 is 2.53 bits per heavy atom. The molecule has 100 valence electrons. The molecule has 1 aliphatic carbocycles. The normalized spacial score (nSPS) is 19.1. The van der Waals surface area contributed by atoms with Gasteiger partial charge in [0, 0.05) is 12.6 Å². The maximum absolute atomic E-state index is 3.71. The second-order valence-corrected chi connectivity index (χ2v) is 6.37. The summed E-state index contributed by atoms with van der Waals surface area (Å²) < 4.78 is 0. The molecule has 0 aliphatic heterocycles. The van der Waals surface area contributed by atoms with E-state index in [2.05, 4.69) is 61.6 Å². The van der Waals surface area contributed by atoms with E-state index in [1.807, 2.05) is 0 Å². The molecule has 1 aliphatic rings. The molecule has 0 heterocycles. The fourth-order valence-corrected chi connectivity index (χ4v) is 2.95. The van der Waals surface area contributed by atoms with Crippen LogP contribution in [0.15, 0.2) is 42.5 Å². The first-order chi connectivity index (χ1) is 9.16. The Kier molecular flexibility index (Phi) is 3.32. The van der Waals surface area contributed by atoms with Crippen molar-refractivity contribution in [3.05, 3.63) is 48.0 Å². The van der Waals surface area contributed by atoms with Crippen LogP contribution in [0.1, 0.15) is 44.7 Å². The van der Waals surface area contributed by atoms with Crippen molar-refractivity contribution in [1.82, 2.24) is 5.32 Å². The fourth-order valence-electron chi connectivity index (χ4n) is 2.95. The van der Waals surface area contributed by atoms with E-state index in [-0.39, 0.29) is 0 Å². The Hall–Kier alpha value is -1.34. The van der Waals surface area contributed by atoms with E-state index in [9.17, 15) is 0 Å². The van der Waals surface area contributed by atoms with Gasteiger partial charge in [-0.2, -0.15) is 0 Å². The van der Waals surface area contributed by atoms with Crippen LogP contribution in [-0.2, 0) is 0 Å². The third-order valence-corrected chi connectivity index (χ3v) is 4.67. The van der Waals surface area contributed by atoms with E-state index in [1.165, 1.54) is 35.6 Å². The standard InChI is InChI=1S/C18H23N/c1-14(19-13-18(2)10-5-11-18)16-9-8-15-6-3-4-7-17(15)12-16/h3-4,6-9,12,14,19H,5,10-11,13H2,1-2H3. The minimum absolute atomic E-state index is 0.432. The summed E-state index contributed by atoms with van der Waals surface area (Å²) in [5, 5.41) is 6.37. The lowest BCUT2D eigenvalue weighted by atomic mass is 9.70. The van der Waals surface area contributed by atoms with Gasteiger partial charge in [0.05, 0.1) is 0 Å². The highest BCUT2D eigenvalue weighted by atomic mass is 14.9. The van der Waals surface area contributed by atoms with E-state index in [0.717, 1.165) is 6.54 Å². The molecule has 0 bridgehead atoms. The summed E-state index contributed by atoms with van der Waals surface area (Å²) >= 11 is 0. The summed E-state index contributed by atoms with van der Waals surface area (Å²) in [7, 11) is 0. The van der Waals surface area contributed by atoms with Crippen molar-refractivity contribution in [2.24, 2.45) is 5.41 Å². The molecule has 0 radical (unpaired) electrons. The van der Waals surface area contributed by atoms with Gasteiger partial charge in [-0.3, -0.25) is 0 Å². The second kappa shape index (κ2) is 4.97. The van der Waals surface area contributed by atoms with Crippen LogP contribution in [0.2, 0.25) is 0 Å². The van der Waals surface area contributed by atoms with Gasteiger partial charge in [-0.25, -0.2) is 0 Å². The lowest BCUT2D eigenvalue weighted by Gasteiger charge is -2.39. The van der Waals surface area contributed by atoms with Gasteiger partial charge in [-0.05, 0) is 47.6 Å². The molecule has 1 fully saturated rings. The minimum atomic E-state index is 0.432. The van der Waals surface area contributed by atoms with E-state index >= 15 is 0 Å². The second-order valence-electron chi connectivity index (χ2n) is 6.37. The zero-order valence-electron chi connectivity index (χ0n) is 11.9. The molecular weight excluding hydrogens is 230 g/mol. The first-order valence-corrected chi connectivity index (χ1v) is 7.38. The largest absolute Gasteiger partial charge is 0.310 e. The highest BCUT2D eigenvalue weighted by Gasteiger charge is 2.31. The molecule has 1 heteroatoms. The molecule has 1 unspecified atom stereocenters. The van der Waals surface area contributed by atoms with Crippen molar-refractivity contribution < 1.29 is 0 Å². The van der Waals surface area contributed by atoms with Crippen LogP contribution >= 0.6 is 0 Å². The molecule has 19 heavy (non-hydrogen) atoms. The van der Waals surface area contributed by atoms with Gasteiger partial charge < -0.3 is 5.32 Å². The van der Waals surface area contributed by atoms with Gasteiger partial charge in [0.1, 0.15) is 0 Å².